The van der Waals surface area contributed by atoms with Crippen LogP contribution in [0, 0.1) is 5.92 Å². The average molecular weight is 519 g/mol. The van der Waals surface area contributed by atoms with Crippen LogP contribution in [0.3, 0.4) is 0 Å². The van der Waals surface area contributed by atoms with Gasteiger partial charge in [-0.1, -0.05) is 15.9 Å². The molecule has 2 saturated carbocycles. The molecule has 9 heteroatoms. The number of rotatable bonds is 8. The lowest BCUT2D eigenvalue weighted by Crippen LogP contribution is -2.33. The maximum atomic E-state index is 12.8. The fourth-order valence-electron chi connectivity index (χ4n) is 3.71. The Labute approximate surface area is 197 Å². The average Bonchev–Trinajstić information content (AvgIpc) is 3.64. The van der Waals surface area contributed by atoms with E-state index < -0.39 is 10.0 Å². The van der Waals surface area contributed by atoms with E-state index >= 15 is 0 Å². The number of hydrogen-bond donors (Lipinski definition) is 2. The number of nitrogens with zero attached hydrogens (tertiary/aromatic N) is 2. The van der Waals surface area contributed by atoms with E-state index in [1.807, 2.05) is 18.2 Å². The Bertz CT molecular complexity index is 1170. The van der Waals surface area contributed by atoms with Gasteiger partial charge in [-0.05, 0) is 79.5 Å². The van der Waals surface area contributed by atoms with Crippen molar-refractivity contribution in [1.82, 2.24) is 5.32 Å². The number of carbonyl (C=O) groups excluding carboxylic acids is 1. The topological polar surface area (TPSA) is 105 Å². The molecular weight excluding hydrogens is 492 g/mol. The molecule has 0 heterocycles. The van der Waals surface area contributed by atoms with Gasteiger partial charge in [-0.15, -0.1) is 0 Å². The Balaban J connectivity index is 1.84. The van der Waals surface area contributed by atoms with Crippen LogP contribution in [0.15, 0.2) is 45.9 Å². The zero-order valence-electron chi connectivity index (χ0n) is 18.1. The van der Waals surface area contributed by atoms with E-state index in [4.69, 9.17) is 5.73 Å². The number of benzene rings is 2. The fourth-order valence-corrected chi connectivity index (χ4v) is 4.97. The normalized spacial score (nSPS) is 16.7. The van der Waals surface area contributed by atoms with Gasteiger partial charge in [-0.3, -0.25) is 9.10 Å². The zero-order valence-corrected chi connectivity index (χ0v) is 20.5. The minimum absolute atomic E-state index is 0.203. The first-order valence-corrected chi connectivity index (χ1v) is 13.3. The second kappa shape index (κ2) is 8.86. The SMILES string of the molecule is CNC(=O)C(=Nc1ccc(Br)cc1)c1cc(C2CC2)c(N(CC2CC2)S(C)(=O)=O)cc1N. The summed E-state index contributed by atoms with van der Waals surface area (Å²) in [5, 5.41) is 2.64. The Hall–Kier alpha value is -2.39. The summed E-state index contributed by atoms with van der Waals surface area (Å²) in [5.41, 5.74) is 9.62. The van der Waals surface area contributed by atoms with Crippen LogP contribution < -0.4 is 15.4 Å². The van der Waals surface area contributed by atoms with Crippen LogP contribution in [0.5, 0.6) is 0 Å². The molecule has 2 aliphatic carbocycles. The molecule has 0 spiro atoms. The zero-order chi connectivity index (χ0) is 23.0. The molecule has 0 unspecified atom stereocenters. The largest absolute Gasteiger partial charge is 0.398 e. The molecule has 7 nitrogen and oxygen atoms in total. The lowest BCUT2D eigenvalue weighted by Gasteiger charge is -2.26. The third kappa shape index (κ3) is 5.15. The van der Waals surface area contributed by atoms with Crippen LogP contribution in [-0.2, 0) is 14.8 Å². The van der Waals surface area contributed by atoms with Crippen molar-refractivity contribution >= 4 is 54.6 Å². The molecule has 32 heavy (non-hydrogen) atoms. The number of anilines is 2. The van der Waals surface area contributed by atoms with Crippen LogP contribution >= 0.6 is 15.9 Å². The summed E-state index contributed by atoms with van der Waals surface area (Å²) in [4.78, 5) is 17.3. The smallest absolute Gasteiger partial charge is 0.270 e. The van der Waals surface area contributed by atoms with Crippen LogP contribution in [0.4, 0.5) is 17.1 Å². The first kappa shape index (κ1) is 22.8. The standard InChI is InChI=1S/C23H27BrN4O3S/c1-26-23(29)22(27-17-9-7-16(24)8-10-17)19-11-18(15-5-6-15)21(12-20(19)25)28(32(2,30)31)13-14-3-4-14/h7-12,14-15H,3-6,13,25H2,1-2H3,(H,26,29). The quantitative estimate of drug-likeness (QED) is 0.407. The highest BCUT2D eigenvalue weighted by Crippen LogP contribution is 2.47. The van der Waals surface area contributed by atoms with Gasteiger partial charge in [0.15, 0.2) is 0 Å². The number of nitrogens with one attached hydrogen (secondary N) is 1. The summed E-state index contributed by atoms with van der Waals surface area (Å²) >= 11 is 3.40. The van der Waals surface area contributed by atoms with Crippen molar-refractivity contribution in [1.29, 1.82) is 0 Å². The van der Waals surface area contributed by atoms with Crippen LogP contribution in [0.25, 0.3) is 0 Å². The van der Waals surface area contributed by atoms with Crippen molar-refractivity contribution in [2.45, 2.75) is 31.6 Å². The lowest BCUT2D eigenvalue weighted by molar-refractivity contribution is -0.114. The summed E-state index contributed by atoms with van der Waals surface area (Å²) < 4.78 is 27.7. The summed E-state index contributed by atoms with van der Waals surface area (Å²) in [6.45, 7) is 0.465. The Kier molecular flexibility index (Phi) is 6.31. The molecule has 2 aliphatic rings. The number of sulfonamides is 1. The number of nitrogen functional groups attached to an aromatic ring is 1. The minimum Gasteiger partial charge on any atom is -0.398 e. The number of likely N-dealkylation sites (N-methyl/N-ethyl adjacent to an activating group) is 1. The molecule has 170 valence electrons. The van der Waals surface area contributed by atoms with Gasteiger partial charge < -0.3 is 11.1 Å². The van der Waals surface area contributed by atoms with Crippen LogP contribution in [-0.4, -0.2) is 39.9 Å². The van der Waals surface area contributed by atoms with Crippen molar-refractivity contribution in [2.24, 2.45) is 10.9 Å². The second-order valence-electron chi connectivity index (χ2n) is 8.53. The Morgan fingerprint density at radius 3 is 2.38 bits per heavy atom. The first-order valence-electron chi connectivity index (χ1n) is 10.6. The molecule has 2 aromatic rings. The Morgan fingerprint density at radius 1 is 1.19 bits per heavy atom. The van der Waals surface area contributed by atoms with Crippen molar-refractivity contribution in [3.05, 3.63) is 52.0 Å². The van der Waals surface area contributed by atoms with Crippen LogP contribution in [0.1, 0.15) is 42.7 Å². The summed E-state index contributed by atoms with van der Waals surface area (Å²) in [6.07, 6.45) is 5.28. The number of hydrogen-bond acceptors (Lipinski definition) is 5. The van der Waals surface area contributed by atoms with E-state index in [9.17, 15) is 13.2 Å². The van der Waals surface area contributed by atoms with E-state index in [0.29, 0.717) is 35.1 Å². The fraction of sp³-hybridized carbons (Fsp3) is 0.391. The molecule has 0 atom stereocenters. The predicted molar refractivity (Wildman–Crippen MR) is 132 cm³/mol. The monoisotopic (exact) mass is 518 g/mol. The number of carbonyl (C=O) groups is 1. The molecular formula is C23H27BrN4O3S. The van der Waals surface area contributed by atoms with Crippen LogP contribution in [0.2, 0.25) is 0 Å². The predicted octanol–water partition coefficient (Wildman–Crippen LogP) is 3.95. The van der Waals surface area contributed by atoms with Gasteiger partial charge in [-0.25, -0.2) is 13.4 Å². The van der Waals surface area contributed by atoms with Gasteiger partial charge in [0.1, 0.15) is 5.71 Å². The highest BCUT2D eigenvalue weighted by atomic mass is 79.9. The Morgan fingerprint density at radius 2 is 1.84 bits per heavy atom. The second-order valence-corrected chi connectivity index (χ2v) is 11.3. The third-order valence-electron chi connectivity index (χ3n) is 5.77. The van der Waals surface area contributed by atoms with Crippen molar-refractivity contribution in [3.8, 4) is 0 Å². The summed E-state index contributed by atoms with van der Waals surface area (Å²) in [6, 6.07) is 10.9. The molecule has 2 fully saturated rings. The van der Waals surface area contributed by atoms with E-state index in [1.165, 1.54) is 10.6 Å². The number of halogens is 1. The summed E-state index contributed by atoms with van der Waals surface area (Å²) in [5.74, 6) is 0.288. The van der Waals surface area contributed by atoms with E-state index in [-0.39, 0.29) is 17.5 Å². The molecule has 0 saturated heterocycles. The number of aliphatic imine (C=N–C) groups is 1. The van der Waals surface area contributed by atoms with E-state index in [0.717, 1.165) is 35.7 Å². The van der Waals surface area contributed by atoms with Crippen molar-refractivity contribution in [3.63, 3.8) is 0 Å². The van der Waals surface area contributed by atoms with Gasteiger partial charge in [0.05, 0.1) is 17.6 Å². The molecule has 4 rings (SSSR count). The molecule has 0 aliphatic heterocycles. The molecule has 3 N–H and O–H groups in total. The van der Waals surface area contributed by atoms with Gasteiger partial charge in [0.2, 0.25) is 10.0 Å². The summed E-state index contributed by atoms with van der Waals surface area (Å²) in [7, 11) is -1.91. The molecule has 0 bridgehead atoms. The lowest BCUT2D eigenvalue weighted by atomic mass is 9.98. The molecule has 0 aromatic heterocycles. The molecule has 0 radical (unpaired) electrons. The van der Waals surface area contributed by atoms with Gasteiger partial charge in [-0.2, -0.15) is 0 Å². The van der Waals surface area contributed by atoms with Gasteiger partial charge in [0.25, 0.3) is 5.91 Å². The maximum absolute atomic E-state index is 12.8. The third-order valence-corrected chi connectivity index (χ3v) is 7.45. The highest BCUT2D eigenvalue weighted by Gasteiger charge is 2.35. The maximum Gasteiger partial charge on any atom is 0.270 e. The van der Waals surface area contributed by atoms with Crippen molar-refractivity contribution < 1.29 is 13.2 Å². The van der Waals surface area contributed by atoms with Gasteiger partial charge in [0, 0.05) is 29.3 Å². The van der Waals surface area contributed by atoms with Gasteiger partial charge >= 0.3 is 0 Å². The minimum atomic E-state index is -3.46. The highest BCUT2D eigenvalue weighted by molar-refractivity contribution is 9.10. The molecule has 1 amide bonds. The van der Waals surface area contributed by atoms with E-state index in [2.05, 4.69) is 26.2 Å². The van der Waals surface area contributed by atoms with Crippen molar-refractivity contribution in [2.75, 3.05) is 29.9 Å². The number of amides is 1. The van der Waals surface area contributed by atoms with E-state index in [1.54, 1.807) is 25.2 Å². The number of nitrogens with two attached hydrogens (primary N) is 1. The first-order chi connectivity index (χ1) is 15.2. The molecule has 2 aromatic carbocycles.